The molecule has 1 aliphatic carbocycles. The van der Waals surface area contributed by atoms with E-state index in [0.717, 1.165) is 0 Å². The summed E-state index contributed by atoms with van der Waals surface area (Å²) in [4.78, 5) is 0. The van der Waals surface area contributed by atoms with Gasteiger partial charge in [0.2, 0.25) is 0 Å². The predicted octanol–water partition coefficient (Wildman–Crippen LogP) is 1.54. The van der Waals surface area contributed by atoms with Crippen LogP contribution in [0.1, 0.15) is 39.5 Å². The molecule has 1 saturated carbocycles. The summed E-state index contributed by atoms with van der Waals surface area (Å²) >= 11 is 0. The monoisotopic (exact) mass is 171 g/mol. The summed E-state index contributed by atoms with van der Waals surface area (Å²) in [6.45, 7) is 4.13. The standard InChI is InChI=1S/C10H21NO/c1-10(2,11-3)9(12)8-6-4-5-7-8/h8-9,11-12H,4-7H2,1-3H3. The van der Waals surface area contributed by atoms with Crippen LogP contribution in [0.5, 0.6) is 0 Å². The number of likely N-dealkylation sites (N-methyl/N-ethyl adjacent to an activating group) is 1. The average Bonchev–Trinajstić information content (AvgIpc) is 2.55. The Labute approximate surface area is 75.4 Å². The Balaban J connectivity index is 2.50. The molecule has 0 aromatic heterocycles. The zero-order chi connectivity index (χ0) is 9.19. The quantitative estimate of drug-likeness (QED) is 0.675. The second-order valence-electron chi connectivity index (χ2n) is 4.46. The van der Waals surface area contributed by atoms with Gasteiger partial charge in [-0.15, -0.1) is 0 Å². The molecule has 2 N–H and O–H groups in total. The fourth-order valence-electron chi connectivity index (χ4n) is 2.01. The van der Waals surface area contributed by atoms with Gasteiger partial charge in [0.1, 0.15) is 0 Å². The van der Waals surface area contributed by atoms with Gasteiger partial charge in [-0.3, -0.25) is 0 Å². The lowest BCUT2D eigenvalue weighted by molar-refractivity contribution is 0.0349. The molecule has 1 atom stereocenters. The molecular formula is C10H21NO. The van der Waals surface area contributed by atoms with Crippen LogP contribution in [-0.4, -0.2) is 23.8 Å². The highest BCUT2D eigenvalue weighted by atomic mass is 16.3. The van der Waals surface area contributed by atoms with Crippen molar-refractivity contribution in [2.24, 2.45) is 5.92 Å². The molecule has 0 aliphatic heterocycles. The smallest absolute Gasteiger partial charge is 0.0744 e. The molecule has 0 amide bonds. The summed E-state index contributed by atoms with van der Waals surface area (Å²) in [6.07, 6.45) is 4.80. The first kappa shape index (κ1) is 10.0. The van der Waals surface area contributed by atoms with Gasteiger partial charge >= 0.3 is 0 Å². The highest BCUT2D eigenvalue weighted by Crippen LogP contribution is 2.31. The van der Waals surface area contributed by atoms with Crippen LogP contribution >= 0.6 is 0 Å². The lowest BCUT2D eigenvalue weighted by Crippen LogP contribution is -2.50. The molecule has 1 aliphatic rings. The van der Waals surface area contributed by atoms with Gasteiger partial charge in [0, 0.05) is 5.54 Å². The van der Waals surface area contributed by atoms with Crippen LogP contribution in [-0.2, 0) is 0 Å². The van der Waals surface area contributed by atoms with Crippen LogP contribution in [0.2, 0.25) is 0 Å². The number of rotatable bonds is 3. The number of hydrogen-bond acceptors (Lipinski definition) is 2. The van der Waals surface area contributed by atoms with E-state index in [0.29, 0.717) is 5.92 Å². The maximum absolute atomic E-state index is 10.0. The predicted molar refractivity (Wildman–Crippen MR) is 51.1 cm³/mol. The number of hydrogen-bond donors (Lipinski definition) is 2. The summed E-state index contributed by atoms with van der Waals surface area (Å²) in [7, 11) is 1.91. The molecule has 0 spiro atoms. The van der Waals surface area contributed by atoms with Crippen LogP contribution in [0.3, 0.4) is 0 Å². The van der Waals surface area contributed by atoms with Crippen LogP contribution < -0.4 is 5.32 Å². The maximum Gasteiger partial charge on any atom is 0.0744 e. The maximum atomic E-state index is 10.0. The molecule has 2 heteroatoms. The van der Waals surface area contributed by atoms with E-state index in [-0.39, 0.29) is 11.6 Å². The molecule has 1 rings (SSSR count). The summed E-state index contributed by atoms with van der Waals surface area (Å²) in [5.74, 6) is 0.521. The lowest BCUT2D eigenvalue weighted by atomic mass is 9.86. The van der Waals surface area contributed by atoms with E-state index >= 15 is 0 Å². The fraction of sp³-hybridized carbons (Fsp3) is 1.00. The van der Waals surface area contributed by atoms with Crippen molar-refractivity contribution in [3.63, 3.8) is 0 Å². The largest absolute Gasteiger partial charge is 0.391 e. The second-order valence-corrected chi connectivity index (χ2v) is 4.46. The lowest BCUT2D eigenvalue weighted by Gasteiger charge is -2.34. The first-order valence-electron chi connectivity index (χ1n) is 4.95. The first-order chi connectivity index (χ1) is 5.58. The van der Waals surface area contributed by atoms with E-state index in [1.807, 2.05) is 7.05 Å². The molecular weight excluding hydrogens is 150 g/mol. The van der Waals surface area contributed by atoms with Crippen LogP contribution in [0.25, 0.3) is 0 Å². The topological polar surface area (TPSA) is 32.3 Å². The Morgan fingerprint density at radius 3 is 2.25 bits per heavy atom. The first-order valence-corrected chi connectivity index (χ1v) is 4.95. The second kappa shape index (κ2) is 3.75. The van der Waals surface area contributed by atoms with Crippen molar-refractivity contribution >= 4 is 0 Å². The van der Waals surface area contributed by atoms with Crippen molar-refractivity contribution in [2.45, 2.75) is 51.2 Å². The van der Waals surface area contributed by atoms with Crippen molar-refractivity contribution in [1.82, 2.24) is 5.32 Å². The summed E-state index contributed by atoms with van der Waals surface area (Å²) in [5, 5.41) is 13.2. The van der Waals surface area contributed by atoms with Gasteiger partial charge in [-0.2, -0.15) is 0 Å². The molecule has 0 heterocycles. The van der Waals surface area contributed by atoms with Crippen LogP contribution in [0, 0.1) is 5.92 Å². The van der Waals surface area contributed by atoms with Crippen molar-refractivity contribution in [2.75, 3.05) is 7.05 Å². The Bertz CT molecular complexity index is 139. The minimum Gasteiger partial charge on any atom is -0.391 e. The van der Waals surface area contributed by atoms with Gasteiger partial charge in [-0.25, -0.2) is 0 Å². The highest BCUT2D eigenvalue weighted by molar-refractivity contribution is 4.90. The Morgan fingerprint density at radius 2 is 1.83 bits per heavy atom. The van der Waals surface area contributed by atoms with Gasteiger partial charge in [0.05, 0.1) is 6.10 Å². The average molecular weight is 171 g/mol. The minimum absolute atomic E-state index is 0.130. The Hall–Kier alpha value is -0.0800. The zero-order valence-electron chi connectivity index (χ0n) is 8.43. The van der Waals surface area contributed by atoms with Gasteiger partial charge in [-0.1, -0.05) is 12.8 Å². The van der Waals surface area contributed by atoms with Gasteiger partial charge in [-0.05, 0) is 39.7 Å². The molecule has 2 nitrogen and oxygen atoms in total. The molecule has 12 heavy (non-hydrogen) atoms. The molecule has 0 saturated heterocycles. The van der Waals surface area contributed by atoms with Crippen molar-refractivity contribution in [3.05, 3.63) is 0 Å². The number of aliphatic hydroxyl groups excluding tert-OH is 1. The summed E-state index contributed by atoms with van der Waals surface area (Å²) in [5.41, 5.74) is -0.130. The number of aliphatic hydroxyl groups is 1. The molecule has 72 valence electrons. The third-order valence-electron chi connectivity index (χ3n) is 3.23. The van der Waals surface area contributed by atoms with E-state index in [9.17, 15) is 5.11 Å². The minimum atomic E-state index is -0.190. The SMILES string of the molecule is CNC(C)(C)C(O)C1CCCC1. The molecule has 1 fully saturated rings. The fourth-order valence-corrected chi connectivity index (χ4v) is 2.01. The molecule has 0 aromatic carbocycles. The van der Waals surface area contributed by atoms with Crippen LogP contribution in [0.15, 0.2) is 0 Å². The number of nitrogens with one attached hydrogen (secondary N) is 1. The molecule has 1 unspecified atom stereocenters. The van der Waals surface area contributed by atoms with Gasteiger partial charge in [0.25, 0.3) is 0 Å². The highest BCUT2D eigenvalue weighted by Gasteiger charge is 2.34. The van der Waals surface area contributed by atoms with Crippen molar-refractivity contribution < 1.29 is 5.11 Å². The third-order valence-corrected chi connectivity index (χ3v) is 3.23. The van der Waals surface area contributed by atoms with E-state index in [1.54, 1.807) is 0 Å². The van der Waals surface area contributed by atoms with Crippen molar-refractivity contribution in [1.29, 1.82) is 0 Å². The van der Waals surface area contributed by atoms with Crippen LogP contribution in [0.4, 0.5) is 0 Å². The van der Waals surface area contributed by atoms with E-state index in [4.69, 9.17) is 0 Å². The van der Waals surface area contributed by atoms with E-state index in [2.05, 4.69) is 19.2 Å². The molecule has 0 radical (unpaired) electrons. The molecule has 0 aromatic rings. The third kappa shape index (κ3) is 1.99. The Morgan fingerprint density at radius 1 is 1.33 bits per heavy atom. The zero-order valence-corrected chi connectivity index (χ0v) is 8.43. The van der Waals surface area contributed by atoms with Gasteiger partial charge < -0.3 is 10.4 Å². The summed E-state index contributed by atoms with van der Waals surface area (Å²) < 4.78 is 0. The van der Waals surface area contributed by atoms with E-state index < -0.39 is 0 Å². The van der Waals surface area contributed by atoms with Gasteiger partial charge in [0.15, 0.2) is 0 Å². The Kier molecular flexibility index (Phi) is 3.13. The molecule has 0 bridgehead atoms. The van der Waals surface area contributed by atoms with Crippen molar-refractivity contribution in [3.8, 4) is 0 Å². The summed E-state index contributed by atoms with van der Waals surface area (Å²) in [6, 6.07) is 0. The van der Waals surface area contributed by atoms with E-state index in [1.165, 1.54) is 25.7 Å². The normalized spacial score (nSPS) is 23.0.